The molecule has 0 spiro atoms. The molecule has 7 nitrogen and oxygen atoms in total. The van der Waals surface area contributed by atoms with E-state index in [-0.39, 0.29) is 30.2 Å². The van der Waals surface area contributed by atoms with Crippen molar-refractivity contribution in [1.82, 2.24) is 0 Å². The number of rotatable bonds is 6. The zero-order chi connectivity index (χ0) is 28.1. The van der Waals surface area contributed by atoms with Gasteiger partial charge in [-0.25, -0.2) is 0 Å². The second-order valence-electron chi connectivity index (χ2n) is 15.7. The van der Waals surface area contributed by atoms with Crippen LogP contribution in [0.5, 0.6) is 0 Å². The van der Waals surface area contributed by atoms with E-state index in [1.807, 2.05) is 13.8 Å². The molecule has 0 aromatic rings. The van der Waals surface area contributed by atoms with E-state index in [0.717, 1.165) is 69.6 Å². The first-order valence-corrected chi connectivity index (χ1v) is 16.2. The molecular weight excluding hydrogens is 508 g/mol. The second-order valence-corrected chi connectivity index (χ2v) is 15.7. The summed E-state index contributed by atoms with van der Waals surface area (Å²) < 4.78 is 24.1. The van der Waals surface area contributed by atoms with Crippen LogP contribution in [0.25, 0.3) is 0 Å². The average Bonchev–Trinajstić information content (AvgIpc) is 3.60. The molecular formula is C33H48O7. The summed E-state index contributed by atoms with van der Waals surface area (Å²) in [5.41, 5.74) is -1.65. The molecule has 8 aliphatic rings. The summed E-state index contributed by atoms with van der Waals surface area (Å²) in [5, 5.41) is 0. The fraction of sp³-hybridized carbons (Fsp3) is 0.909. The van der Waals surface area contributed by atoms with Crippen molar-refractivity contribution in [2.24, 2.45) is 70.5 Å². The van der Waals surface area contributed by atoms with Gasteiger partial charge in [-0.15, -0.1) is 0 Å². The molecule has 0 amide bonds. The molecule has 0 aromatic heterocycles. The van der Waals surface area contributed by atoms with Gasteiger partial charge >= 0.3 is 17.9 Å². The van der Waals surface area contributed by atoms with Gasteiger partial charge in [-0.1, -0.05) is 6.92 Å². The van der Waals surface area contributed by atoms with Gasteiger partial charge in [0, 0.05) is 7.11 Å². The lowest BCUT2D eigenvalue weighted by Crippen LogP contribution is -2.59. The zero-order valence-electron chi connectivity index (χ0n) is 24.9. The quantitative estimate of drug-likeness (QED) is 0.314. The SMILES string of the molecule is COC1CCC(C)C(C2C3CCC(C3)C2C2C(=O)OC(=O)C2C(C)(C)C(=O)OC2(C)C3CC4CC(C3)CC2C4)O1. The summed E-state index contributed by atoms with van der Waals surface area (Å²) in [6.45, 7) is 8.01. The van der Waals surface area contributed by atoms with E-state index >= 15 is 0 Å². The third-order valence-corrected chi connectivity index (χ3v) is 13.3. The largest absolute Gasteiger partial charge is 0.458 e. The molecule has 0 N–H and O–H groups in total. The van der Waals surface area contributed by atoms with Crippen molar-refractivity contribution in [3.63, 3.8) is 0 Å². The summed E-state index contributed by atoms with van der Waals surface area (Å²) in [6.07, 6.45) is 10.7. The Bertz CT molecular complexity index is 1040. The molecule has 222 valence electrons. The van der Waals surface area contributed by atoms with Crippen LogP contribution in [0.15, 0.2) is 0 Å². The van der Waals surface area contributed by atoms with Crippen LogP contribution in [0.2, 0.25) is 0 Å². The van der Waals surface area contributed by atoms with Gasteiger partial charge in [0.2, 0.25) is 0 Å². The van der Waals surface area contributed by atoms with Crippen LogP contribution in [-0.4, -0.2) is 43.0 Å². The number of carbonyl (C=O) groups excluding carboxylic acids is 3. The topological polar surface area (TPSA) is 88.1 Å². The fourth-order valence-electron chi connectivity index (χ4n) is 11.4. The fourth-order valence-corrected chi connectivity index (χ4v) is 11.4. The predicted octanol–water partition coefficient (Wildman–Crippen LogP) is 5.54. The smallest absolute Gasteiger partial charge is 0.318 e. The number of carbonyl (C=O) groups is 3. The maximum absolute atomic E-state index is 14.2. The van der Waals surface area contributed by atoms with Crippen molar-refractivity contribution >= 4 is 17.9 Å². The highest BCUT2D eigenvalue weighted by atomic mass is 16.7. The van der Waals surface area contributed by atoms with Crippen molar-refractivity contribution < 1.29 is 33.3 Å². The first kappa shape index (κ1) is 27.4. The standard InChI is InChI=1S/C33H48O7/c1-16-6-9-23(37-5)38-28(16)25-20-8-7-19(15-20)24(25)26-27(30(35)39-29(26)34)32(2,3)31(36)40-33(4)21-11-17-10-18(13-21)14-22(33)12-17/h16-28H,6-15H2,1-5H3. The molecule has 0 aromatic carbocycles. The van der Waals surface area contributed by atoms with Gasteiger partial charge < -0.3 is 18.9 Å². The van der Waals surface area contributed by atoms with E-state index in [1.165, 1.54) is 6.42 Å². The van der Waals surface area contributed by atoms with Crippen LogP contribution in [0.1, 0.15) is 91.9 Å². The highest BCUT2D eigenvalue weighted by molar-refractivity contribution is 6.00. The Balaban J connectivity index is 1.17. The van der Waals surface area contributed by atoms with Gasteiger partial charge in [-0.05, 0) is 138 Å². The summed E-state index contributed by atoms with van der Waals surface area (Å²) in [5.74, 6) is 0.778. The van der Waals surface area contributed by atoms with Gasteiger partial charge in [-0.2, -0.15) is 0 Å². The average molecular weight is 557 g/mol. The van der Waals surface area contributed by atoms with E-state index in [9.17, 15) is 14.4 Å². The molecule has 6 aliphatic carbocycles. The number of esters is 3. The van der Waals surface area contributed by atoms with Crippen LogP contribution in [0.4, 0.5) is 0 Å². The molecule has 2 heterocycles. The Hall–Kier alpha value is -1.47. The number of hydrogen-bond acceptors (Lipinski definition) is 7. The van der Waals surface area contributed by atoms with Gasteiger partial charge in [0.05, 0.1) is 23.4 Å². The van der Waals surface area contributed by atoms with Gasteiger partial charge in [0.25, 0.3) is 0 Å². The Morgan fingerprint density at radius 1 is 0.875 bits per heavy atom. The molecule has 9 atom stereocenters. The number of methoxy groups -OCH3 is 1. The molecule has 2 aliphatic heterocycles. The lowest BCUT2D eigenvalue weighted by Gasteiger charge is -2.59. The minimum atomic E-state index is -1.16. The van der Waals surface area contributed by atoms with E-state index in [0.29, 0.717) is 29.6 Å². The maximum Gasteiger partial charge on any atom is 0.318 e. The first-order chi connectivity index (χ1) is 19.0. The number of ether oxygens (including phenoxy) is 4. The lowest BCUT2D eigenvalue weighted by molar-refractivity contribution is -0.222. The summed E-state index contributed by atoms with van der Waals surface area (Å²) >= 11 is 0. The third-order valence-electron chi connectivity index (χ3n) is 13.3. The number of fused-ring (bicyclic) bond motifs is 2. The minimum Gasteiger partial charge on any atom is -0.458 e. The van der Waals surface area contributed by atoms with E-state index in [4.69, 9.17) is 18.9 Å². The van der Waals surface area contributed by atoms with Crippen LogP contribution < -0.4 is 0 Å². The predicted molar refractivity (Wildman–Crippen MR) is 145 cm³/mol. The van der Waals surface area contributed by atoms with Gasteiger partial charge in [-0.3, -0.25) is 14.4 Å². The highest BCUT2D eigenvalue weighted by Gasteiger charge is 2.66. The van der Waals surface area contributed by atoms with Crippen LogP contribution in [-0.2, 0) is 33.3 Å². The molecule has 6 bridgehead atoms. The Labute approximate surface area is 238 Å². The van der Waals surface area contributed by atoms with E-state index < -0.39 is 34.8 Å². The van der Waals surface area contributed by atoms with E-state index in [1.54, 1.807) is 7.11 Å². The van der Waals surface area contributed by atoms with Gasteiger partial charge in [0.15, 0.2) is 6.29 Å². The molecule has 8 fully saturated rings. The number of hydrogen-bond donors (Lipinski definition) is 0. The van der Waals surface area contributed by atoms with Crippen molar-refractivity contribution in [1.29, 1.82) is 0 Å². The van der Waals surface area contributed by atoms with Crippen molar-refractivity contribution in [3.8, 4) is 0 Å². The third kappa shape index (κ3) is 3.99. The lowest BCUT2D eigenvalue weighted by atomic mass is 9.50. The zero-order valence-corrected chi connectivity index (χ0v) is 24.9. The summed E-state index contributed by atoms with van der Waals surface area (Å²) in [7, 11) is 1.69. The first-order valence-electron chi connectivity index (χ1n) is 16.2. The Morgan fingerprint density at radius 3 is 2.12 bits per heavy atom. The molecule has 9 unspecified atom stereocenters. The Morgan fingerprint density at radius 2 is 1.50 bits per heavy atom. The highest BCUT2D eigenvalue weighted by Crippen LogP contribution is 2.63. The van der Waals surface area contributed by atoms with Crippen molar-refractivity contribution in [2.45, 2.75) is 110 Å². The number of cyclic esters (lactones) is 2. The molecule has 8 rings (SSSR count). The molecule has 6 saturated carbocycles. The molecule has 7 heteroatoms. The summed E-state index contributed by atoms with van der Waals surface area (Å²) in [6, 6.07) is 0. The monoisotopic (exact) mass is 556 g/mol. The minimum absolute atomic E-state index is 0.0230. The normalized spacial score (nSPS) is 51.4. The van der Waals surface area contributed by atoms with Crippen LogP contribution in [0, 0.1) is 70.5 Å². The summed E-state index contributed by atoms with van der Waals surface area (Å²) in [4.78, 5) is 41.2. The Kier molecular flexibility index (Phi) is 6.51. The van der Waals surface area contributed by atoms with Crippen molar-refractivity contribution in [2.75, 3.05) is 7.11 Å². The second kappa shape index (κ2) is 9.52. The molecule has 2 saturated heterocycles. The molecule has 0 radical (unpaired) electrons. The van der Waals surface area contributed by atoms with Crippen LogP contribution >= 0.6 is 0 Å². The maximum atomic E-state index is 14.2. The van der Waals surface area contributed by atoms with Gasteiger partial charge in [0.1, 0.15) is 5.60 Å². The van der Waals surface area contributed by atoms with Crippen molar-refractivity contribution in [3.05, 3.63) is 0 Å². The van der Waals surface area contributed by atoms with Crippen LogP contribution in [0.3, 0.4) is 0 Å². The van der Waals surface area contributed by atoms with E-state index in [2.05, 4.69) is 13.8 Å². The molecule has 40 heavy (non-hydrogen) atoms.